The zero-order valence-electron chi connectivity index (χ0n) is 9.30. The number of benzene rings is 1. The Morgan fingerprint density at radius 3 is 2.19 bits per heavy atom. The molecule has 1 aromatic carbocycles. The van der Waals surface area contributed by atoms with Gasteiger partial charge in [0.15, 0.2) is 0 Å². The van der Waals surface area contributed by atoms with Crippen molar-refractivity contribution in [2.45, 2.75) is 32.1 Å². The first kappa shape index (κ1) is 13.4. The zero-order chi connectivity index (χ0) is 11.9. The maximum Gasteiger partial charge on any atom is -0.0250 e. The quantitative estimate of drug-likeness (QED) is 0.538. The minimum Gasteiger partial charge on any atom is -0.811 e. The van der Waals surface area contributed by atoms with Crippen molar-refractivity contribution < 1.29 is 14.4 Å². The van der Waals surface area contributed by atoms with Gasteiger partial charge in [0, 0.05) is 0 Å². The minimum atomic E-state index is -4.27. The van der Waals surface area contributed by atoms with Crippen LogP contribution >= 0.6 is 7.60 Å². The van der Waals surface area contributed by atoms with Gasteiger partial charge in [-0.25, -0.2) is 0 Å². The summed E-state index contributed by atoms with van der Waals surface area (Å²) in [6, 6.07) is 10.2. The van der Waals surface area contributed by atoms with Crippen molar-refractivity contribution in [1.29, 1.82) is 0 Å². The van der Waals surface area contributed by atoms with Gasteiger partial charge in [-0.3, -0.25) is 0 Å². The number of hydrogen-bond donors (Lipinski definition) is 0. The van der Waals surface area contributed by atoms with Crippen molar-refractivity contribution in [1.82, 2.24) is 0 Å². The van der Waals surface area contributed by atoms with E-state index < -0.39 is 7.60 Å². The standard InChI is InChI=1S/C12H19O3P/c13-16(14,15)11-7-2-1-4-8-12-9-5-3-6-10-12/h3,5-6,9-10H,1-2,4,7-8,11H2,(H2,13,14,15)/p-2. The first-order valence-corrected chi connectivity index (χ1v) is 7.36. The number of rotatable bonds is 7. The fourth-order valence-electron chi connectivity index (χ4n) is 1.63. The van der Waals surface area contributed by atoms with Gasteiger partial charge in [-0.2, -0.15) is 0 Å². The van der Waals surface area contributed by atoms with Crippen LogP contribution in [0.15, 0.2) is 30.3 Å². The summed E-state index contributed by atoms with van der Waals surface area (Å²) in [5, 5.41) is 0. The Labute approximate surface area is 96.7 Å². The van der Waals surface area contributed by atoms with Crippen LogP contribution in [-0.4, -0.2) is 6.16 Å². The fourth-order valence-corrected chi connectivity index (χ4v) is 2.24. The highest BCUT2D eigenvalue weighted by molar-refractivity contribution is 7.48. The average Bonchev–Trinajstić information content (AvgIpc) is 2.23. The van der Waals surface area contributed by atoms with Crippen molar-refractivity contribution in [3.05, 3.63) is 35.9 Å². The van der Waals surface area contributed by atoms with E-state index in [0.717, 1.165) is 25.7 Å². The molecule has 0 bridgehead atoms. The summed E-state index contributed by atoms with van der Waals surface area (Å²) in [5.74, 6) is 0. The van der Waals surface area contributed by atoms with Crippen LogP contribution in [0.25, 0.3) is 0 Å². The normalized spacial score (nSPS) is 11.6. The molecule has 1 rings (SSSR count). The van der Waals surface area contributed by atoms with Crippen molar-refractivity contribution >= 4 is 7.60 Å². The third-order valence-electron chi connectivity index (χ3n) is 2.49. The second-order valence-electron chi connectivity index (χ2n) is 3.98. The van der Waals surface area contributed by atoms with E-state index in [1.165, 1.54) is 5.56 Å². The molecule has 0 heterocycles. The third-order valence-corrected chi connectivity index (χ3v) is 3.35. The second-order valence-corrected chi connectivity index (χ2v) is 5.65. The van der Waals surface area contributed by atoms with Crippen molar-refractivity contribution in [2.75, 3.05) is 6.16 Å². The first-order valence-electron chi connectivity index (χ1n) is 5.63. The van der Waals surface area contributed by atoms with Gasteiger partial charge >= 0.3 is 0 Å². The van der Waals surface area contributed by atoms with Gasteiger partial charge in [0.05, 0.1) is 0 Å². The molecular formula is C12H17O3P-2. The Morgan fingerprint density at radius 1 is 0.938 bits per heavy atom. The Kier molecular flexibility index (Phi) is 5.75. The molecule has 0 aliphatic rings. The van der Waals surface area contributed by atoms with Crippen molar-refractivity contribution in [3.63, 3.8) is 0 Å². The molecule has 1 aromatic rings. The molecule has 90 valence electrons. The van der Waals surface area contributed by atoms with Gasteiger partial charge in [-0.05, 0) is 31.0 Å². The molecule has 3 nitrogen and oxygen atoms in total. The smallest absolute Gasteiger partial charge is 0.0250 e. The van der Waals surface area contributed by atoms with Crippen LogP contribution in [0.1, 0.15) is 31.2 Å². The van der Waals surface area contributed by atoms with E-state index in [1.54, 1.807) is 0 Å². The van der Waals surface area contributed by atoms with Crippen LogP contribution in [0.2, 0.25) is 0 Å². The summed E-state index contributed by atoms with van der Waals surface area (Å²) in [6.45, 7) is 0. The van der Waals surface area contributed by atoms with Crippen LogP contribution in [0.5, 0.6) is 0 Å². The summed E-state index contributed by atoms with van der Waals surface area (Å²) in [7, 11) is -4.27. The second kappa shape index (κ2) is 6.85. The van der Waals surface area contributed by atoms with Gasteiger partial charge < -0.3 is 14.4 Å². The molecule has 0 unspecified atom stereocenters. The SMILES string of the molecule is O=P([O-])([O-])CCCCCCc1ccccc1. The minimum absolute atomic E-state index is 0.196. The molecule has 16 heavy (non-hydrogen) atoms. The molecule has 0 saturated heterocycles. The Hall–Kier alpha value is -0.630. The highest BCUT2D eigenvalue weighted by Crippen LogP contribution is 2.24. The largest absolute Gasteiger partial charge is 0.811 e. The summed E-state index contributed by atoms with van der Waals surface area (Å²) in [5.41, 5.74) is 1.31. The molecule has 0 radical (unpaired) electrons. The summed E-state index contributed by atoms with van der Waals surface area (Å²) < 4.78 is 10.4. The maximum absolute atomic E-state index is 10.4. The molecule has 0 amide bonds. The molecule has 0 atom stereocenters. The van der Waals surface area contributed by atoms with Crippen LogP contribution in [-0.2, 0) is 11.0 Å². The molecule has 4 heteroatoms. The van der Waals surface area contributed by atoms with Crippen LogP contribution in [0, 0.1) is 0 Å². The summed E-state index contributed by atoms with van der Waals surface area (Å²) in [4.78, 5) is 20.7. The van der Waals surface area contributed by atoms with Crippen molar-refractivity contribution in [3.8, 4) is 0 Å². The van der Waals surface area contributed by atoms with Crippen LogP contribution < -0.4 is 9.79 Å². The molecular weight excluding hydrogens is 223 g/mol. The number of unbranched alkanes of at least 4 members (excludes halogenated alkanes) is 3. The van der Waals surface area contributed by atoms with Crippen LogP contribution in [0.3, 0.4) is 0 Å². The maximum atomic E-state index is 10.4. The van der Waals surface area contributed by atoms with Gasteiger partial charge in [-0.15, -0.1) is 0 Å². The van der Waals surface area contributed by atoms with Crippen molar-refractivity contribution in [2.24, 2.45) is 0 Å². The first-order chi connectivity index (χ1) is 7.58. The van der Waals surface area contributed by atoms with E-state index in [0.29, 0.717) is 6.42 Å². The summed E-state index contributed by atoms with van der Waals surface area (Å²) in [6.07, 6.45) is 4.17. The van der Waals surface area contributed by atoms with E-state index in [4.69, 9.17) is 0 Å². The lowest BCUT2D eigenvalue weighted by Gasteiger charge is -2.29. The monoisotopic (exact) mass is 240 g/mol. The molecule has 0 fully saturated rings. The van der Waals surface area contributed by atoms with Gasteiger partial charge in [-0.1, -0.05) is 50.8 Å². The van der Waals surface area contributed by atoms with E-state index >= 15 is 0 Å². The van der Waals surface area contributed by atoms with E-state index in [-0.39, 0.29) is 6.16 Å². The fraction of sp³-hybridized carbons (Fsp3) is 0.500. The highest BCUT2D eigenvalue weighted by Gasteiger charge is 1.95. The predicted molar refractivity (Wildman–Crippen MR) is 61.1 cm³/mol. The van der Waals surface area contributed by atoms with Crippen LogP contribution in [0.4, 0.5) is 0 Å². The van der Waals surface area contributed by atoms with Gasteiger partial charge in [0.25, 0.3) is 0 Å². The predicted octanol–water partition coefficient (Wildman–Crippen LogP) is 1.70. The Morgan fingerprint density at radius 2 is 1.56 bits per heavy atom. The topological polar surface area (TPSA) is 63.2 Å². The molecule has 0 aliphatic carbocycles. The lowest BCUT2D eigenvalue weighted by atomic mass is 10.1. The Balaban J connectivity index is 2.03. The Bertz CT molecular complexity index is 331. The lowest BCUT2D eigenvalue weighted by Crippen LogP contribution is -2.16. The molecule has 0 aliphatic heterocycles. The molecule has 0 saturated carbocycles. The zero-order valence-corrected chi connectivity index (χ0v) is 10.2. The van der Waals surface area contributed by atoms with Gasteiger partial charge in [0.1, 0.15) is 0 Å². The number of aryl methyl sites for hydroxylation is 1. The van der Waals surface area contributed by atoms with Gasteiger partial charge in [0.2, 0.25) is 0 Å². The van der Waals surface area contributed by atoms with E-state index in [1.807, 2.05) is 18.2 Å². The number of hydrogen-bond acceptors (Lipinski definition) is 3. The molecule has 0 spiro atoms. The van der Waals surface area contributed by atoms with E-state index in [9.17, 15) is 14.4 Å². The third kappa shape index (κ3) is 6.78. The lowest BCUT2D eigenvalue weighted by molar-refractivity contribution is -0.313. The average molecular weight is 240 g/mol. The molecule has 0 N–H and O–H groups in total. The highest BCUT2D eigenvalue weighted by atomic mass is 31.2. The summed E-state index contributed by atoms with van der Waals surface area (Å²) >= 11 is 0. The van der Waals surface area contributed by atoms with E-state index in [2.05, 4.69) is 12.1 Å². The molecule has 0 aromatic heterocycles.